The summed E-state index contributed by atoms with van der Waals surface area (Å²) < 4.78 is 5.48. The maximum absolute atomic E-state index is 5.48. The summed E-state index contributed by atoms with van der Waals surface area (Å²) in [5, 5.41) is 0. The molecule has 2 aliphatic heterocycles. The highest BCUT2D eigenvalue weighted by atomic mass is 16.3. The second-order valence-electron chi connectivity index (χ2n) is 6.74. The van der Waals surface area contributed by atoms with E-state index in [0.29, 0.717) is 0 Å². The van der Waals surface area contributed by atoms with E-state index < -0.39 is 0 Å². The fourth-order valence-corrected chi connectivity index (χ4v) is 4.04. The van der Waals surface area contributed by atoms with Gasteiger partial charge in [0.2, 0.25) is 5.95 Å². The van der Waals surface area contributed by atoms with Crippen molar-refractivity contribution in [2.45, 2.75) is 25.8 Å². The van der Waals surface area contributed by atoms with Gasteiger partial charge in [0, 0.05) is 32.0 Å². The minimum absolute atomic E-state index is 0.837. The Balaban J connectivity index is 1.28. The quantitative estimate of drug-likeness (QED) is 0.868. The molecule has 0 saturated carbocycles. The number of piperidine rings is 1. The van der Waals surface area contributed by atoms with Crippen molar-refractivity contribution >= 4 is 5.95 Å². The third-order valence-corrected chi connectivity index (χ3v) is 5.31. The lowest BCUT2D eigenvalue weighted by molar-refractivity contribution is 0.242. The van der Waals surface area contributed by atoms with Crippen LogP contribution in [0.2, 0.25) is 0 Å². The van der Waals surface area contributed by atoms with Gasteiger partial charge in [0.25, 0.3) is 0 Å². The lowest BCUT2D eigenvalue weighted by Crippen LogP contribution is -2.37. The fourth-order valence-electron chi connectivity index (χ4n) is 4.04. The molecule has 0 aliphatic carbocycles. The molecule has 4 heterocycles. The molecule has 0 spiro atoms. The van der Waals surface area contributed by atoms with Crippen molar-refractivity contribution in [3.63, 3.8) is 0 Å². The molecule has 2 saturated heterocycles. The Labute approximate surface area is 137 Å². The molecule has 0 N–H and O–H groups in total. The highest BCUT2D eigenvalue weighted by Gasteiger charge is 2.32. The van der Waals surface area contributed by atoms with Crippen LogP contribution in [-0.2, 0) is 6.54 Å². The lowest BCUT2D eigenvalue weighted by atomic mass is 9.84. The highest BCUT2D eigenvalue weighted by molar-refractivity contribution is 5.28. The predicted octanol–water partition coefficient (Wildman–Crippen LogP) is 2.81. The summed E-state index contributed by atoms with van der Waals surface area (Å²) in [7, 11) is 0. The molecule has 0 amide bonds. The molecule has 1 atom stereocenters. The molecule has 0 bridgehead atoms. The van der Waals surface area contributed by atoms with Gasteiger partial charge in [0.1, 0.15) is 5.76 Å². The Kier molecular flexibility index (Phi) is 4.28. The van der Waals surface area contributed by atoms with Crippen LogP contribution < -0.4 is 4.90 Å². The highest BCUT2D eigenvalue weighted by Crippen LogP contribution is 2.33. The van der Waals surface area contributed by atoms with Gasteiger partial charge in [-0.05, 0) is 55.8 Å². The number of furan rings is 1. The van der Waals surface area contributed by atoms with Crippen LogP contribution in [0.5, 0.6) is 0 Å². The molecule has 5 nitrogen and oxygen atoms in total. The summed E-state index contributed by atoms with van der Waals surface area (Å²) in [5.41, 5.74) is 0. The summed E-state index contributed by atoms with van der Waals surface area (Å²) in [4.78, 5) is 13.6. The Morgan fingerprint density at radius 2 is 1.78 bits per heavy atom. The number of aromatic nitrogens is 2. The third-order valence-electron chi connectivity index (χ3n) is 5.31. The topological polar surface area (TPSA) is 45.4 Å². The van der Waals surface area contributed by atoms with Crippen molar-refractivity contribution in [3.05, 3.63) is 42.6 Å². The van der Waals surface area contributed by atoms with Crippen molar-refractivity contribution < 1.29 is 4.42 Å². The summed E-state index contributed by atoms with van der Waals surface area (Å²) in [5.74, 6) is 3.65. The number of hydrogen-bond donors (Lipinski definition) is 0. The molecule has 0 aromatic carbocycles. The molecule has 2 aromatic heterocycles. The molecule has 23 heavy (non-hydrogen) atoms. The van der Waals surface area contributed by atoms with Crippen molar-refractivity contribution in [1.82, 2.24) is 14.9 Å². The summed E-state index contributed by atoms with van der Waals surface area (Å²) in [6.07, 6.45) is 9.28. The van der Waals surface area contributed by atoms with Gasteiger partial charge < -0.3 is 9.32 Å². The molecule has 4 rings (SSSR count). The van der Waals surface area contributed by atoms with Gasteiger partial charge in [-0.3, -0.25) is 4.90 Å². The largest absolute Gasteiger partial charge is 0.468 e. The summed E-state index contributed by atoms with van der Waals surface area (Å²) in [6.45, 7) is 5.55. The summed E-state index contributed by atoms with van der Waals surface area (Å²) >= 11 is 0. The first-order chi connectivity index (χ1) is 11.4. The molecule has 122 valence electrons. The zero-order valence-electron chi connectivity index (χ0n) is 13.5. The Morgan fingerprint density at radius 1 is 1.00 bits per heavy atom. The van der Waals surface area contributed by atoms with Gasteiger partial charge in [0.05, 0.1) is 12.8 Å². The molecular weight excluding hydrogens is 288 g/mol. The maximum Gasteiger partial charge on any atom is 0.225 e. The maximum atomic E-state index is 5.48. The standard InChI is InChI=1S/C18H24N4O/c1-3-17(23-12-1)14-21-9-4-16(13-21)15-5-10-22(11-6-15)18-19-7-2-8-20-18/h1-3,7-8,12,15-16H,4-6,9-11,13-14H2. The summed E-state index contributed by atoms with van der Waals surface area (Å²) in [6, 6.07) is 5.93. The molecule has 2 fully saturated rings. The van der Waals surface area contributed by atoms with Crippen LogP contribution in [0.25, 0.3) is 0 Å². The van der Waals surface area contributed by atoms with E-state index in [2.05, 4.69) is 25.8 Å². The first kappa shape index (κ1) is 14.7. The average molecular weight is 312 g/mol. The van der Waals surface area contributed by atoms with Crippen LogP contribution in [0.15, 0.2) is 41.3 Å². The van der Waals surface area contributed by atoms with Crippen LogP contribution in [0, 0.1) is 11.8 Å². The molecule has 1 unspecified atom stereocenters. The van der Waals surface area contributed by atoms with Gasteiger partial charge in [-0.15, -0.1) is 0 Å². The normalized spacial score (nSPS) is 23.5. The first-order valence-corrected chi connectivity index (χ1v) is 8.65. The molecule has 0 radical (unpaired) electrons. The molecule has 2 aromatic rings. The average Bonchev–Trinajstić information content (AvgIpc) is 3.28. The van der Waals surface area contributed by atoms with Crippen LogP contribution in [0.3, 0.4) is 0 Å². The van der Waals surface area contributed by atoms with Gasteiger partial charge in [-0.2, -0.15) is 0 Å². The zero-order valence-corrected chi connectivity index (χ0v) is 13.5. The molecular formula is C18H24N4O. The monoisotopic (exact) mass is 312 g/mol. The van der Waals surface area contributed by atoms with E-state index in [-0.39, 0.29) is 0 Å². The Morgan fingerprint density at radius 3 is 2.52 bits per heavy atom. The number of anilines is 1. The lowest BCUT2D eigenvalue weighted by Gasteiger charge is -2.34. The molecule has 5 heteroatoms. The minimum Gasteiger partial charge on any atom is -0.468 e. The number of rotatable bonds is 4. The van der Waals surface area contributed by atoms with E-state index in [0.717, 1.165) is 43.2 Å². The van der Waals surface area contributed by atoms with E-state index in [1.54, 1.807) is 6.26 Å². The smallest absolute Gasteiger partial charge is 0.225 e. The zero-order chi connectivity index (χ0) is 15.5. The predicted molar refractivity (Wildman–Crippen MR) is 89.1 cm³/mol. The number of nitrogens with zero attached hydrogens (tertiary/aromatic N) is 4. The van der Waals surface area contributed by atoms with E-state index in [4.69, 9.17) is 4.42 Å². The fraction of sp³-hybridized carbons (Fsp3) is 0.556. The number of likely N-dealkylation sites (tertiary alicyclic amines) is 1. The Bertz CT molecular complexity index is 593. The van der Waals surface area contributed by atoms with Crippen LogP contribution in [-0.4, -0.2) is 41.0 Å². The van der Waals surface area contributed by atoms with Crippen molar-refractivity contribution in [1.29, 1.82) is 0 Å². The van der Waals surface area contributed by atoms with E-state index in [1.165, 1.54) is 32.4 Å². The Hall–Kier alpha value is -1.88. The minimum atomic E-state index is 0.837. The van der Waals surface area contributed by atoms with Crippen LogP contribution in [0.1, 0.15) is 25.0 Å². The molecule has 2 aliphatic rings. The third kappa shape index (κ3) is 3.39. The van der Waals surface area contributed by atoms with Crippen LogP contribution >= 0.6 is 0 Å². The first-order valence-electron chi connectivity index (χ1n) is 8.65. The van der Waals surface area contributed by atoms with E-state index >= 15 is 0 Å². The van der Waals surface area contributed by atoms with Crippen molar-refractivity contribution in [2.24, 2.45) is 11.8 Å². The SMILES string of the molecule is c1cnc(N2CCC(C3CCN(Cc4ccco4)C3)CC2)nc1. The van der Waals surface area contributed by atoms with Gasteiger partial charge in [-0.25, -0.2) is 9.97 Å². The van der Waals surface area contributed by atoms with Crippen molar-refractivity contribution in [2.75, 3.05) is 31.1 Å². The van der Waals surface area contributed by atoms with Gasteiger partial charge >= 0.3 is 0 Å². The van der Waals surface area contributed by atoms with E-state index in [9.17, 15) is 0 Å². The van der Waals surface area contributed by atoms with Gasteiger partial charge in [0.15, 0.2) is 0 Å². The van der Waals surface area contributed by atoms with Crippen molar-refractivity contribution in [3.8, 4) is 0 Å². The van der Waals surface area contributed by atoms with Gasteiger partial charge in [-0.1, -0.05) is 0 Å². The second kappa shape index (κ2) is 6.71. The number of hydrogen-bond acceptors (Lipinski definition) is 5. The van der Waals surface area contributed by atoms with Crippen LogP contribution in [0.4, 0.5) is 5.95 Å². The van der Waals surface area contributed by atoms with E-state index in [1.807, 2.05) is 24.5 Å². The second-order valence-corrected chi connectivity index (χ2v) is 6.74.